The van der Waals surface area contributed by atoms with Crippen molar-refractivity contribution in [3.05, 3.63) is 80.6 Å². The van der Waals surface area contributed by atoms with Crippen molar-refractivity contribution in [2.75, 3.05) is 5.43 Å². The van der Waals surface area contributed by atoms with E-state index in [-0.39, 0.29) is 11.3 Å². The Kier molecular flexibility index (Phi) is 4.13. The Morgan fingerprint density at radius 1 is 1.11 bits per heavy atom. The largest absolute Gasteiger partial charge is 0.290 e. The van der Waals surface area contributed by atoms with Gasteiger partial charge in [0.15, 0.2) is 5.69 Å². The number of fused-ring (bicyclic) bond motifs is 1. The number of nitrogens with one attached hydrogen (secondary N) is 1. The molecule has 0 atom stereocenters. The molecule has 3 aromatic heterocycles. The van der Waals surface area contributed by atoms with Crippen molar-refractivity contribution in [3.8, 4) is 11.1 Å². The van der Waals surface area contributed by atoms with E-state index in [0.717, 1.165) is 20.5 Å². The first kappa shape index (κ1) is 16.9. The van der Waals surface area contributed by atoms with Gasteiger partial charge in [-0.2, -0.15) is 5.10 Å². The number of nitrogens with zero attached hydrogens (tertiary/aromatic N) is 4. The molecule has 0 bridgehead atoms. The van der Waals surface area contributed by atoms with Crippen LogP contribution < -0.4 is 16.5 Å². The SMILES string of the molecule is Cn1nc(C(=O)Nn2cnc3scc(-c4ccccc4)c3c2=O)ccc1=O. The Hall–Kier alpha value is -3.59. The molecule has 0 spiro atoms. The second-order valence-corrected chi connectivity index (χ2v) is 6.59. The van der Waals surface area contributed by atoms with E-state index in [1.807, 2.05) is 35.7 Å². The van der Waals surface area contributed by atoms with Crippen LogP contribution in [0.3, 0.4) is 0 Å². The molecule has 134 valence electrons. The van der Waals surface area contributed by atoms with Crippen LogP contribution in [0.15, 0.2) is 63.8 Å². The lowest BCUT2D eigenvalue weighted by molar-refractivity contribution is 0.1000. The summed E-state index contributed by atoms with van der Waals surface area (Å²) in [6.07, 6.45) is 1.26. The zero-order valence-corrected chi connectivity index (χ0v) is 14.9. The summed E-state index contributed by atoms with van der Waals surface area (Å²) in [5.41, 5.74) is 3.40. The summed E-state index contributed by atoms with van der Waals surface area (Å²) in [4.78, 5) is 41.5. The summed E-state index contributed by atoms with van der Waals surface area (Å²) < 4.78 is 2.07. The summed E-state index contributed by atoms with van der Waals surface area (Å²) in [7, 11) is 1.44. The molecule has 0 saturated carbocycles. The fourth-order valence-corrected chi connectivity index (χ4v) is 3.54. The van der Waals surface area contributed by atoms with Crippen molar-refractivity contribution in [1.29, 1.82) is 0 Å². The number of rotatable bonds is 3. The molecule has 0 aliphatic heterocycles. The molecular formula is C18H13N5O3S. The van der Waals surface area contributed by atoms with Gasteiger partial charge < -0.3 is 0 Å². The number of aromatic nitrogens is 4. The third-order valence-corrected chi connectivity index (χ3v) is 4.88. The topological polar surface area (TPSA) is 98.9 Å². The van der Waals surface area contributed by atoms with Gasteiger partial charge in [0.05, 0.1) is 5.39 Å². The summed E-state index contributed by atoms with van der Waals surface area (Å²) in [6, 6.07) is 12.0. The second kappa shape index (κ2) is 6.61. The zero-order chi connectivity index (χ0) is 19.0. The molecule has 0 fully saturated rings. The second-order valence-electron chi connectivity index (χ2n) is 5.74. The van der Waals surface area contributed by atoms with Gasteiger partial charge >= 0.3 is 0 Å². The number of thiophene rings is 1. The Bertz CT molecular complexity index is 1270. The highest BCUT2D eigenvalue weighted by Crippen LogP contribution is 2.30. The van der Waals surface area contributed by atoms with Crippen LogP contribution in [0.4, 0.5) is 0 Å². The minimum atomic E-state index is -0.620. The van der Waals surface area contributed by atoms with E-state index in [1.165, 1.54) is 36.8 Å². The van der Waals surface area contributed by atoms with Gasteiger partial charge in [-0.1, -0.05) is 30.3 Å². The Balaban J connectivity index is 1.76. The lowest BCUT2D eigenvalue weighted by Gasteiger charge is -2.08. The van der Waals surface area contributed by atoms with Crippen molar-refractivity contribution in [3.63, 3.8) is 0 Å². The lowest BCUT2D eigenvalue weighted by Crippen LogP contribution is -2.34. The quantitative estimate of drug-likeness (QED) is 0.583. The first-order valence-electron chi connectivity index (χ1n) is 7.94. The third kappa shape index (κ3) is 3.04. The summed E-state index contributed by atoms with van der Waals surface area (Å²) >= 11 is 1.36. The third-order valence-electron chi connectivity index (χ3n) is 3.99. The molecule has 4 rings (SSSR count). The van der Waals surface area contributed by atoms with Crippen molar-refractivity contribution in [2.24, 2.45) is 7.05 Å². The van der Waals surface area contributed by atoms with E-state index in [0.29, 0.717) is 10.2 Å². The van der Waals surface area contributed by atoms with Crippen molar-refractivity contribution in [1.82, 2.24) is 19.4 Å². The van der Waals surface area contributed by atoms with E-state index in [2.05, 4.69) is 15.5 Å². The van der Waals surface area contributed by atoms with Gasteiger partial charge in [0, 0.05) is 24.1 Å². The normalized spacial score (nSPS) is 10.9. The molecule has 0 unspecified atom stereocenters. The molecule has 1 N–H and O–H groups in total. The number of aryl methyl sites for hydroxylation is 1. The van der Waals surface area contributed by atoms with Crippen molar-refractivity contribution in [2.45, 2.75) is 0 Å². The summed E-state index contributed by atoms with van der Waals surface area (Å²) in [5.74, 6) is -0.620. The number of hydrogen-bond acceptors (Lipinski definition) is 6. The molecule has 0 aliphatic rings. The maximum Gasteiger partial charge on any atom is 0.290 e. The van der Waals surface area contributed by atoms with Gasteiger partial charge in [-0.25, -0.2) is 14.3 Å². The Morgan fingerprint density at radius 2 is 1.89 bits per heavy atom. The first-order chi connectivity index (χ1) is 13.0. The van der Waals surface area contributed by atoms with Crippen LogP contribution in [0.1, 0.15) is 10.5 Å². The number of carbonyl (C=O) groups is 1. The first-order valence-corrected chi connectivity index (χ1v) is 8.82. The molecule has 0 aliphatic carbocycles. The van der Waals surface area contributed by atoms with Crippen LogP contribution in [-0.4, -0.2) is 25.3 Å². The molecule has 1 aromatic carbocycles. The van der Waals surface area contributed by atoms with E-state index in [4.69, 9.17) is 0 Å². The van der Waals surface area contributed by atoms with Crippen molar-refractivity contribution >= 4 is 27.5 Å². The van der Waals surface area contributed by atoms with Crippen LogP contribution in [0.5, 0.6) is 0 Å². The predicted octanol–water partition coefficient (Wildman–Crippen LogP) is 1.60. The zero-order valence-electron chi connectivity index (χ0n) is 14.1. The van der Waals surface area contributed by atoms with Gasteiger partial charge in [-0.05, 0) is 11.6 Å². The maximum absolute atomic E-state index is 12.9. The molecule has 1 amide bonds. The Labute approximate surface area is 156 Å². The van der Waals surface area contributed by atoms with E-state index in [9.17, 15) is 14.4 Å². The average molecular weight is 379 g/mol. The monoisotopic (exact) mass is 379 g/mol. The molecular weight excluding hydrogens is 366 g/mol. The fraction of sp³-hybridized carbons (Fsp3) is 0.0556. The van der Waals surface area contributed by atoms with E-state index in [1.54, 1.807) is 0 Å². The molecule has 4 aromatic rings. The van der Waals surface area contributed by atoms with Crippen LogP contribution in [-0.2, 0) is 7.05 Å². The highest BCUT2D eigenvalue weighted by molar-refractivity contribution is 7.17. The molecule has 8 nitrogen and oxygen atoms in total. The number of benzene rings is 1. The molecule has 0 saturated heterocycles. The van der Waals surface area contributed by atoms with Gasteiger partial charge in [-0.3, -0.25) is 19.8 Å². The maximum atomic E-state index is 12.9. The number of amides is 1. The number of carbonyl (C=O) groups excluding carboxylic acids is 1. The predicted molar refractivity (Wildman–Crippen MR) is 102 cm³/mol. The van der Waals surface area contributed by atoms with Crippen LogP contribution >= 0.6 is 11.3 Å². The Morgan fingerprint density at radius 3 is 2.63 bits per heavy atom. The standard InChI is InChI=1S/C18H13N5O3S/c1-22-14(24)8-7-13(20-22)16(25)21-23-10-19-17-15(18(23)26)12(9-27-17)11-5-3-2-4-6-11/h2-10H,1H3,(H,21,25). The highest BCUT2D eigenvalue weighted by Gasteiger charge is 2.15. The molecule has 0 radical (unpaired) electrons. The summed E-state index contributed by atoms with van der Waals surface area (Å²) in [6.45, 7) is 0. The minimum Gasteiger partial charge on any atom is -0.268 e. The minimum absolute atomic E-state index is 0.0118. The lowest BCUT2D eigenvalue weighted by atomic mass is 10.1. The average Bonchev–Trinajstić information content (AvgIpc) is 3.12. The van der Waals surface area contributed by atoms with Gasteiger partial charge in [-0.15, -0.1) is 11.3 Å². The van der Waals surface area contributed by atoms with Gasteiger partial charge in [0.1, 0.15) is 11.2 Å². The van der Waals surface area contributed by atoms with Crippen LogP contribution in [0, 0.1) is 0 Å². The molecule has 3 heterocycles. The fourth-order valence-electron chi connectivity index (χ4n) is 2.63. The summed E-state index contributed by atoms with van der Waals surface area (Å²) in [5, 5.41) is 6.18. The highest BCUT2D eigenvalue weighted by atomic mass is 32.1. The van der Waals surface area contributed by atoms with Crippen molar-refractivity contribution < 1.29 is 4.79 Å². The van der Waals surface area contributed by atoms with Gasteiger partial charge in [0.25, 0.3) is 17.0 Å². The van der Waals surface area contributed by atoms with Gasteiger partial charge in [0.2, 0.25) is 0 Å². The molecule has 27 heavy (non-hydrogen) atoms. The van der Waals surface area contributed by atoms with E-state index >= 15 is 0 Å². The van der Waals surface area contributed by atoms with E-state index < -0.39 is 11.5 Å². The molecule has 9 heteroatoms. The van der Waals surface area contributed by atoms with Crippen LogP contribution in [0.2, 0.25) is 0 Å². The number of hydrogen-bond donors (Lipinski definition) is 1. The smallest absolute Gasteiger partial charge is 0.268 e. The van der Waals surface area contributed by atoms with Crippen LogP contribution in [0.25, 0.3) is 21.3 Å².